The number of unbranched alkanes of at least 4 members (excludes halogenated alkanes) is 1. The molecule has 1 atom stereocenters. The molecule has 0 fully saturated rings. The molecule has 0 saturated heterocycles. The number of nitrogens with two attached hydrogens (primary N) is 1. The third-order valence-electron chi connectivity index (χ3n) is 1.91. The standard InChI is InChI=1S/C10H23NO/c1-5-6-7-9(12-11)8-10(2,3)4/h9H,5-8,11H2,1-4H3. The molecule has 0 spiro atoms. The topological polar surface area (TPSA) is 35.2 Å². The lowest BCUT2D eigenvalue weighted by Gasteiger charge is -2.24. The van der Waals surface area contributed by atoms with Crippen molar-refractivity contribution in [2.75, 3.05) is 0 Å². The molecule has 0 aliphatic heterocycles. The molecule has 1 unspecified atom stereocenters. The highest BCUT2D eigenvalue weighted by molar-refractivity contribution is 4.68. The van der Waals surface area contributed by atoms with Crippen molar-refractivity contribution < 1.29 is 4.84 Å². The fourth-order valence-corrected chi connectivity index (χ4v) is 1.33. The van der Waals surface area contributed by atoms with Crippen molar-refractivity contribution in [1.29, 1.82) is 0 Å². The van der Waals surface area contributed by atoms with Crippen LogP contribution in [0.5, 0.6) is 0 Å². The Morgan fingerprint density at radius 1 is 1.33 bits per heavy atom. The first-order valence-electron chi connectivity index (χ1n) is 4.85. The predicted molar refractivity (Wildman–Crippen MR) is 52.7 cm³/mol. The van der Waals surface area contributed by atoms with Crippen LogP contribution in [0.1, 0.15) is 53.4 Å². The second kappa shape index (κ2) is 5.55. The summed E-state index contributed by atoms with van der Waals surface area (Å²) in [7, 11) is 0. The molecule has 0 aliphatic carbocycles. The highest BCUT2D eigenvalue weighted by Gasteiger charge is 2.18. The Morgan fingerprint density at radius 3 is 2.25 bits per heavy atom. The molecule has 0 radical (unpaired) electrons. The van der Waals surface area contributed by atoms with E-state index in [2.05, 4.69) is 27.7 Å². The minimum absolute atomic E-state index is 0.241. The first-order valence-corrected chi connectivity index (χ1v) is 4.85. The summed E-state index contributed by atoms with van der Waals surface area (Å²) in [5.74, 6) is 5.22. The summed E-state index contributed by atoms with van der Waals surface area (Å²) < 4.78 is 0. The summed E-state index contributed by atoms with van der Waals surface area (Å²) in [6.07, 6.45) is 4.79. The Labute approximate surface area is 76.4 Å². The molecule has 0 bridgehead atoms. The summed E-state index contributed by atoms with van der Waals surface area (Å²) in [4.78, 5) is 4.93. The van der Waals surface area contributed by atoms with Gasteiger partial charge in [-0.2, -0.15) is 0 Å². The fourth-order valence-electron chi connectivity index (χ4n) is 1.33. The van der Waals surface area contributed by atoms with E-state index in [-0.39, 0.29) is 6.10 Å². The van der Waals surface area contributed by atoms with E-state index in [1.165, 1.54) is 12.8 Å². The molecule has 2 nitrogen and oxygen atoms in total. The Balaban J connectivity index is 3.67. The van der Waals surface area contributed by atoms with Crippen molar-refractivity contribution >= 4 is 0 Å². The van der Waals surface area contributed by atoms with E-state index in [9.17, 15) is 0 Å². The van der Waals surface area contributed by atoms with Gasteiger partial charge in [-0.25, -0.2) is 5.90 Å². The average Bonchev–Trinajstić information content (AvgIpc) is 1.95. The first kappa shape index (κ1) is 11.9. The molecule has 0 aromatic heterocycles. The molecule has 0 aromatic carbocycles. The van der Waals surface area contributed by atoms with Crippen LogP contribution in [0, 0.1) is 5.41 Å². The molecule has 0 rings (SSSR count). The zero-order chi connectivity index (χ0) is 9.61. The first-order chi connectivity index (χ1) is 5.49. The van der Waals surface area contributed by atoms with Crippen molar-refractivity contribution in [3.8, 4) is 0 Å². The lowest BCUT2D eigenvalue weighted by atomic mass is 9.88. The smallest absolute Gasteiger partial charge is 0.0792 e. The molecule has 12 heavy (non-hydrogen) atoms. The minimum atomic E-state index is 0.241. The molecule has 0 aliphatic rings. The van der Waals surface area contributed by atoms with Crippen LogP contribution < -0.4 is 5.90 Å². The summed E-state index contributed by atoms with van der Waals surface area (Å²) >= 11 is 0. The van der Waals surface area contributed by atoms with Crippen molar-refractivity contribution in [3.05, 3.63) is 0 Å². The highest BCUT2D eigenvalue weighted by Crippen LogP contribution is 2.24. The van der Waals surface area contributed by atoms with Crippen LogP contribution >= 0.6 is 0 Å². The third kappa shape index (κ3) is 6.62. The quantitative estimate of drug-likeness (QED) is 0.649. The molecular weight excluding hydrogens is 150 g/mol. The molecule has 0 aromatic rings. The van der Waals surface area contributed by atoms with E-state index in [4.69, 9.17) is 10.7 Å². The second-order valence-corrected chi connectivity index (χ2v) is 4.67. The van der Waals surface area contributed by atoms with Gasteiger partial charge in [0.2, 0.25) is 0 Å². The van der Waals surface area contributed by atoms with Gasteiger partial charge >= 0.3 is 0 Å². The zero-order valence-electron chi connectivity index (χ0n) is 8.89. The molecule has 0 amide bonds. The molecule has 0 saturated carbocycles. The van der Waals surface area contributed by atoms with Gasteiger partial charge in [-0.05, 0) is 18.3 Å². The monoisotopic (exact) mass is 173 g/mol. The Morgan fingerprint density at radius 2 is 1.92 bits per heavy atom. The predicted octanol–water partition coefficient (Wildman–Crippen LogP) is 2.87. The van der Waals surface area contributed by atoms with Gasteiger partial charge in [0.25, 0.3) is 0 Å². The van der Waals surface area contributed by atoms with E-state index >= 15 is 0 Å². The maximum absolute atomic E-state index is 5.22. The lowest BCUT2D eigenvalue weighted by Crippen LogP contribution is -2.23. The summed E-state index contributed by atoms with van der Waals surface area (Å²) in [5, 5.41) is 0. The second-order valence-electron chi connectivity index (χ2n) is 4.67. The van der Waals surface area contributed by atoms with Crippen molar-refractivity contribution in [2.45, 2.75) is 59.5 Å². The summed E-state index contributed by atoms with van der Waals surface area (Å²) in [6.45, 7) is 8.82. The lowest BCUT2D eigenvalue weighted by molar-refractivity contribution is 0.0183. The molecule has 74 valence electrons. The Kier molecular flexibility index (Phi) is 5.51. The highest BCUT2D eigenvalue weighted by atomic mass is 16.6. The van der Waals surface area contributed by atoms with Gasteiger partial charge in [0, 0.05) is 0 Å². The van der Waals surface area contributed by atoms with Crippen molar-refractivity contribution in [3.63, 3.8) is 0 Å². The largest absolute Gasteiger partial charge is 0.301 e. The number of hydrogen-bond acceptors (Lipinski definition) is 2. The van der Waals surface area contributed by atoms with Crippen molar-refractivity contribution in [2.24, 2.45) is 11.3 Å². The number of hydrogen-bond donors (Lipinski definition) is 1. The maximum atomic E-state index is 5.22. The Hall–Kier alpha value is -0.0800. The van der Waals surface area contributed by atoms with E-state index in [0.29, 0.717) is 5.41 Å². The van der Waals surface area contributed by atoms with Gasteiger partial charge in [0.1, 0.15) is 0 Å². The van der Waals surface area contributed by atoms with E-state index < -0.39 is 0 Å². The molecular formula is C10H23NO. The van der Waals surface area contributed by atoms with Gasteiger partial charge < -0.3 is 4.84 Å². The van der Waals surface area contributed by atoms with Gasteiger partial charge in [-0.15, -0.1) is 0 Å². The van der Waals surface area contributed by atoms with Gasteiger partial charge in [0.05, 0.1) is 6.10 Å². The maximum Gasteiger partial charge on any atom is 0.0792 e. The molecule has 2 heteroatoms. The normalized spacial score (nSPS) is 14.8. The summed E-state index contributed by atoms with van der Waals surface area (Å²) in [5.41, 5.74) is 0.317. The van der Waals surface area contributed by atoms with Crippen LogP contribution in [0.15, 0.2) is 0 Å². The third-order valence-corrected chi connectivity index (χ3v) is 1.91. The van der Waals surface area contributed by atoms with Gasteiger partial charge in [0.15, 0.2) is 0 Å². The fraction of sp³-hybridized carbons (Fsp3) is 1.00. The van der Waals surface area contributed by atoms with Crippen LogP contribution in [0.3, 0.4) is 0 Å². The summed E-state index contributed by atoms with van der Waals surface area (Å²) in [6, 6.07) is 0. The van der Waals surface area contributed by atoms with Crippen molar-refractivity contribution in [1.82, 2.24) is 0 Å². The van der Waals surface area contributed by atoms with Gasteiger partial charge in [-0.1, -0.05) is 40.5 Å². The number of rotatable bonds is 5. The van der Waals surface area contributed by atoms with Crippen LogP contribution in [0.2, 0.25) is 0 Å². The SMILES string of the molecule is CCCCC(CC(C)(C)C)ON. The van der Waals surface area contributed by atoms with Gasteiger partial charge in [-0.3, -0.25) is 0 Å². The zero-order valence-corrected chi connectivity index (χ0v) is 8.89. The van der Waals surface area contributed by atoms with E-state index in [0.717, 1.165) is 12.8 Å². The molecule has 2 N–H and O–H groups in total. The molecule has 0 heterocycles. The average molecular weight is 173 g/mol. The van der Waals surface area contributed by atoms with Crippen LogP contribution in [0.25, 0.3) is 0 Å². The van der Waals surface area contributed by atoms with E-state index in [1.807, 2.05) is 0 Å². The minimum Gasteiger partial charge on any atom is -0.301 e. The van der Waals surface area contributed by atoms with Crippen LogP contribution in [-0.4, -0.2) is 6.10 Å². The van der Waals surface area contributed by atoms with Crippen LogP contribution in [0.4, 0.5) is 0 Å². The van der Waals surface area contributed by atoms with Crippen LogP contribution in [-0.2, 0) is 4.84 Å². The van der Waals surface area contributed by atoms with E-state index in [1.54, 1.807) is 0 Å². The Bertz CT molecular complexity index is 107.